The molecule has 0 amide bonds. The lowest BCUT2D eigenvalue weighted by molar-refractivity contribution is 0.0691. The lowest BCUT2D eigenvalue weighted by Gasteiger charge is -2.15. The first-order chi connectivity index (χ1) is 18.3. The quantitative estimate of drug-likeness (QED) is 0.355. The molecule has 1 N–H and O–H groups in total. The molecule has 0 spiro atoms. The first kappa shape index (κ1) is 25.5. The van der Waals surface area contributed by atoms with Crippen LogP contribution in [0.1, 0.15) is 40.7 Å². The van der Waals surface area contributed by atoms with E-state index in [4.69, 9.17) is 9.72 Å². The maximum atomic E-state index is 13.1. The van der Waals surface area contributed by atoms with E-state index < -0.39 is 15.8 Å². The third-order valence-corrected chi connectivity index (χ3v) is 8.29. The average Bonchev–Trinajstić information content (AvgIpc) is 3.25. The maximum Gasteiger partial charge on any atom is 0.339 e. The van der Waals surface area contributed by atoms with Gasteiger partial charge in [-0.2, -0.15) is 0 Å². The number of carboxylic acids is 1. The second kappa shape index (κ2) is 10.7. The number of hydrogen-bond acceptors (Lipinski definition) is 5. The number of hydrogen-bond donors (Lipinski definition) is 1. The summed E-state index contributed by atoms with van der Waals surface area (Å²) >= 11 is 0. The SMILES string of the molecule is CC1C=c2nc(COc3ccccc3C(=O)O)n(Cc3ccccc3CS(=O)(=O)c3ccccc3)c2=CC1. The minimum Gasteiger partial charge on any atom is -0.485 e. The molecule has 1 aliphatic rings. The van der Waals surface area contributed by atoms with Gasteiger partial charge in [-0.25, -0.2) is 18.2 Å². The number of ether oxygens (including phenoxy) is 1. The molecule has 0 saturated carbocycles. The molecule has 1 unspecified atom stereocenters. The van der Waals surface area contributed by atoms with E-state index in [0.717, 1.165) is 28.2 Å². The Balaban J connectivity index is 1.50. The summed E-state index contributed by atoms with van der Waals surface area (Å²) in [6, 6.07) is 22.5. The number of benzene rings is 3. The molecular formula is C30H28N2O5S. The topological polar surface area (TPSA) is 98.5 Å². The van der Waals surface area contributed by atoms with Crippen molar-refractivity contribution in [1.82, 2.24) is 9.55 Å². The summed E-state index contributed by atoms with van der Waals surface area (Å²) < 4.78 is 34.3. The van der Waals surface area contributed by atoms with Crippen molar-refractivity contribution >= 4 is 28.0 Å². The van der Waals surface area contributed by atoms with Crippen LogP contribution in [0.3, 0.4) is 0 Å². The average molecular weight is 529 g/mol. The Bertz CT molecular complexity index is 1710. The molecule has 5 rings (SSSR count). The molecule has 194 valence electrons. The van der Waals surface area contributed by atoms with Crippen molar-refractivity contribution in [2.45, 2.75) is 37.1 Å². The largest absolute Gasteiger partial charge is 0.485 e. The number of para-hydroxylation sites is 1. The van der Waals surface area contributed by atoms with Crippen molar-refractivity contribution < 1.29 is 23.1 Å². The molecular weight excluding hydrogens is 500 g/mol. The molecule has 4 aromatic rings. The summed E-state index contributed by atoms with van der Waals surface area (Å²) in [6.07, 6.45) is 5.13. The smallest absolute Gasteiger partial charge is 0.339 e. The summed E-state index contributed by atoms with van der Waals surface area (Å²) in [7, 11) is -3.53. The van der Waals surface area contributed by atoms with Crippen molar-refractivity contribution in [1.29, 1.82) is 0 Å². The third kappa shape index (κ3) is 5.40. The van der Waals surface area contributed by atoms with Gasteiger partial charge in [0.2, 0.25) is 0 Å². The first-order valence-electron chi connectivity index (χ1n) is 12.4. The van der Waals surface area contributed by atoms with E-state index >= 15 is 0 Å². The lowest BCUT2D eigenvalue weighted by Crippen LogP contribution is -2.34. The second-order valence-electron chi connectivity index (χ2n) is 9.40. The van der Waals surface area contributed by atoms with Gasteiger partial charge in [-0.3, -0.25) is 0 Å². The van der Waals surface area contributed by atoms with E-state index in [0.29, 0.717) is 18.3 Å². The molecule has 0 aliphatic heterocycles. The summed E-state index contributed by atoms with van der Waals surface area (Å²) in [5.41, 5.74) is 1.67. The zero-order valence-corrected chi connectivity index (χ0v) is 21.8. The minimum atomic E-state index is -3.53. The zero-order chi connectivity index (χ0) is 26.7. The van der Waals surface area contributed by atoms with Crippen LogP contribution in [-0.4, -0.2) is 29.0 Å². The van der Waals surface area contributed by atoms with Gasteiger partial charge >= 0.3 is 5.97 Å². The van der Waals surface area contributed by atoms with Crippen molar-refractivity contribution in [2.75, 3.05) is 0 Å². The monoisotopic (exact) mass is 528 g/mol. The number of aromatic carboxylic acids is 1. The molecule has 1 aliphatic carbocycles. The van der Waals surface area contributed by atoms with E-state index in [-0.39, 0.29) is 28.6 Å². The van der Waals surface area contributed by atoms with Crippen LogP contribution in [0.25, 0.3) is 12.2 Å². The van der Waals surface area contributed by atoms with Gasteiger partial charge in [-0.15, -0.1) is 0 Å². The number of carbonyl (C=O) groups is 1. The number of carboxylic acid groups (broad SMARTS) is 1. The molecule has 0 bridgehead atoms. The Morgan fingerprint density at radius 3 is 2.45 bits per heavy atom. The molecule has 0 radical (unpaired) electrons. The highest BCUT2D eigenvalue weighted by molar-refractivity contribution is 7.90. The van der Waals surface area contributed by atoms with Gasteiger partial charge in [0.25, 0.3) is 0 Å². The van der Waals surface area contributed by atoms with Gasteiger partial charge in [-0.1, -0.05) is 73.7 Å². The highest BCUT2D eigenvalue weighted by Crippen LogP contribution is 2.21. The number of fused-ring (bicyclic) bond motifs is 1. The molecule has 3 aromatic carbocycles. The van der Waals surface area contributed by atoms with Gasteiger partial charge in [0.05, 0.1) is 21.3 Å². The molecule has 38 heavy (non-hydrogen) atoms. The van der Waals surface area contributed by atoms with Crippen LogP contribution in [-0.2, 0) is 28.7 Å². The lowest BCUT2D eigenvalue weighted by atomic mass is 10.0. The second-order valence-corrected chi connectivity index (χ2v) is 11.4. The van der Waals surface area contributed by atoms with Crippen molar-refractivity contribution in [2.24, 2.45) is 5.92 Å². The summed E-state index contributed by atoms with van der Waals surface area (Å²) in [6.45, 7) is 2.60. The molecule has 1 aromatic heterocycles. The summed E-state index contributed by atoms with van der Waals surface area (Å²) in [5.74, 6) is 0.0676. The fraction of sp³-hybridized carbons (Fsp3) is 0.200. The van der Waals surface area contributed by atoms with Crippen molar-refractivity contribution in [3.63, 3.8) is 0 Å². The summed E-state index contributed by atoms with van der Waals surface area (Å²) in [5, 5.41) is 11.3. The Morgan fingerprint density at radius 2 is 1.68 bits per heavy atom. The Labute approximate surface area is 221 Å². The predicted molar refractivity (Wildman–Crippen MR) is 145 cm³/mol. The molecule has 1 atom stereocenters. The summed E-state index contributed by atoms with van der Waals surface area (Å²) in [4.78, 5) is 16.7. The van der Waals surface area contributed by atoms with Gasteiger partial charge in [0.1, 0.15) is 23.7 Å². The van der Waals surface area contributed by atoms with Crippen molar-refractivity contribution in [3.8, 4) is 5.75 Å². The van der Waals surface area contributed by atoms with Crippen LogP contribution in [0.15, 0.2) is 83.8 Å². The van der Waals surface area contributed by atoms with Crippen LogP contribution >= 0.6 is 0 Å². The number of sulfone groups is 1. The molecule has 8 heteroatoms. The first-order valence-corrected chi connectivity index (χ1v) is 14.0. The van der Waals surface area contributed by atoms with Crippen LogP contribution in [0.4, 0.5) is 0 Å². The highest BCUT2D eigenvalue weighted by Gasteiger charge is 2.20. The Hall–Kier alpha value is -4.17. The van der Waals surface area contributed by atoms with Gasteiger partial charge < -0.3 is 14.4 Å². The fourth-order valence-electron chi connectivity index (χ4n) is 4.64. The molecule has 1 heterocycles. The minimum absolute atomic E-state index is 0.0673. The van der Waals surface area contributed by atoms with E-state index in [1.165, 1.54) is 6.07 Å². The Morgan fingerprint density at radius 1 is 1.00 bits per heavy atom. The maximum absolute atomic E-state index is 13.1. The molecule has 0 fully saturated rings. The fourth-order valence-corrected chi connectivity index (χ4v) is 6.07. The zero-order valence-electron chi connectivity index (χ0n) is 20.9. The van der Waals surface area contributed by atoms with E-state index in [9.17, 15) is 18.3 Å². The van der Waals surface area contributed by atoms with E-state index in [1.807, 2.05) is 28.8 Å². The number of rotatable bonds is 9. The predicted octanol–water partition coefficient (Wildman–Crippen LogP) is 3.78. The van der Waals surface area contributed by atoms with Crippen LogP contribution < -0.4 is 15.4 Å². The molecule has 0 saturated heterocycles. The van der Waals surface area contributed by atoms with Gasteiger partial charge in [0, 0.05) is 6.54 Å². The third-order valence-electron chi connectivity index (χ3n) is 6.61. The number of aromatic nitrogens is 2. The normalized spacial score (nSPS) is 14.7. The molecule has 7 nitrogen and oxygen atoms in total. The number of nitrogens with zero attached hydrogens (tertiary/aromatic N) is 2. The standard InChI is InChI=1S/C30H28N2O5S/c1-21-15-16-27-26(17-21)31-29(19-37-28-14-8-7-13-25(28)30(33)34)32(27)18-22-9-5-6-10-23(22)20-38(35,36)24-11-3-2-4-12-24/h2-14,16-17,21H,15,18-20H2,1H3,(H,33,34). The Kier molecular flexibility index (Phi) is 7.15. The highest BCUT2D eigenvalue weighted by atomic mass is 32.2. The van der Waals surface area contributed by atoms with Crippen LogP contribution in [0.5, 0.6) is 5.75 Å². The van der Waals surface area contributed by atoms with Gasteiger partial charge in [0.15, 0.2) is 9.84 Å². The van der Waals surface area contributed by atoms with Crippen LogP contribution in [0, 0.1) is 5.92 Å². The van der Waals surface area contributed by atoms with Crippen molar-refractivity contribution in [3.05, 3.63) is 112 Å². The van der Waals surface area contributed by atoms with Crippen LogP contribution in [0.2, 0.25) is 0 Å². The van der Waals surface area contributed by atoms with Gasteiger partial charge in [-0.05, 0) is 47.7 Å². The van der Waals surface area contributed by atoms with E-state index in [1.54, 1.807) is 48.5 Å². The van der Waals surface area contributed by atoms with E-state index in [2.05, 4.69) is 19.1 Å². The number of imidazole rings is 1.